The van der Waals surface area contributed by atoms with Crippen LogP contribution in [0.2, 0.25) is 0 Å². The number of benzene rings is 3. The van der Waals surface area contributed by atoms with Crippen LogP contribution >= 0.6 is 0 Å². The van der Waals surface area contributed by atoms with Crippen LogP contribution in [0.25, 0.3) is 28.0 Å². The molecule has 0 aliphatic heterocycles. The van der Waals surface area contributed by atoms with Gasteiger partial charge in [-0.2, -0.15) is 0 Å². The predicted molar refractivity (Wildman–Crippen MR) is 81.8 cm³/mol. The molecular formula is C19H13. The molecule has 0 saturated heterocycles. The summed E-state index contributed by atoms with van der Waals surface area (Å²) < 4.78 is 0. The largest absolute Gasteiger partial charge is 0.0754 e. The van der Waals surface area contributed by atoms with E-state index in [1.165, 1.54) is 33.0 Å². The van der Waals surface area contributed by atoms with Gasteiger partial charge in [-0.05, 0) is 33.0 Å². The van der Waals surface area contributed by atoms with E-state index >= 15 is 0 Å². The second-order valence-corrected chi connectivity index (χ2v) is 4.86. The second-order valence-electron chi connectivity index (χ2n) is 4.86. The molecule has 89 valence electrons. The van der Waals surface area contributed by atoms with Gasteiger partial charge in [0, 0.05) is 6.42 Å². The minimum atomic E-state index is 1.29. The van der Waals surface area contributed by atoms with Crippen LogP contribution in [-0.2, 0) is 0 Å². The zero-order valence-corrected chi connectivity index (χ0v) is 10.5. The van der Waals surface area contributed by atoms with E-state index in [4.69, 9.17) is 0 Å². The molecule has 0 heteroatoms. The van der Waals surface area contributed by atoms with Crippen molar-refractivity contribution in [2.75, 3.05) is 0 Å². The van der Waals surface area contributed by atoms with Gasteiger partial charge in [0.25, 0.3) is 0 Å². The second kappa shape index (κ2) is 4.10. The zero-order valence-electron chi connectivity index (χ0n) is 10.5. The quantitative estimate of drug-likeness (QED) is 0.557. The Balaban J connectivity index is 2.06. The Morgan fingerprint density at radius 3 is 2.42 bits per heavy atom. The van der Waals surface area contributed by atoms with Crippen molar-refractivity contribution in [2.45, 2.75) is 0 Å². The Morgan fingerprint density at radius 2 is 1.42 bits per heavy atom. The number of hydrogen-bond acceptors (Lipinski definition) is 0. The van der Waals surface area contributed by atoms with Crippen LogP contribution in [0.1, 0.15) is 11.1 Å². The predicted octanol–water partition coefficient (Wildman–Crippen LogP) is 5.09. The fourth-order valence-electron chi connectivity index (χ4n) is 2.86. The molecule has 0 atom stereocenters. The molecule has 3 aromatic rings. The van der Waals surface area contributed by atoms with E-state index in [-0.39, 0.29) is 0 Å². The van der Waals surface area contributed by atoms with E-state index in [0.717, 1.165) is 0 Å². The van der Waals surface area contributed by atoms with Crippen LogP contribution in [0.15, 0.2) is 66.7 Å². The van der Waals surface area contributed by atoms with Gasteiger partial charge in [-0.1, -0.05) is 72.8 Å². The van der Waals surface area contributed by atoms with Crippen molar-refractivity contribution in [3.63, 3.8) is 0 Å². The van der Waals surface area contributed by atoms with Crippen molar-refractivity contribution in [2.24, 2.45) is 0 Å². The molecule has 0 N–H and O–H groups in total. The van der Waals surface area contributed by atoms with Gasteiger partial charge in [0.05, 0.1) is 0 Å². The van der Waals surface area contributed by atoms with Crippen molar-refractivity contribution < 1.29 is 0 Å². The maximum Gasteiger partial charge on any atom is 0.0131 e. The molecule has 0 spiro atoms. The van der Waals surface area contributed by atoms with E-state index in [1.54, 1.807) is 0 Å². The Labute approximate surface area is 113 Å². The fraction of sp³-hybridized carbons (Fsp3) is 0. The van der Waals surface area contributed by atoms with Crippen LogP contribution in [0, 0.1) is 6.42 Å². The van der Waals surface area contributed by atoms with Crippen LogP contribution in [-0.4, -0.2) is 0 Å². The normalized spacial score (nSPS) is 12.8. The Bertz CT molecular complexity index is 789. The van der Waals surface area contributed by atoms with Crippen LogP contribution in [0.5, 0.6) is 0 Å². The fourth-order valence-corrected chi connectivity index (χ4v) is 2.86. The standard InChI is InChI=1S/C19H13/c1-2-10-16-14(6-1)8-4-12-18(16)19-13-5-9-15-7-3-11-17(15)19/h1-13H. The Kier molecular flexibility index (Phi) is 2.28. The minimum absolute atomic E-state index is 1.29. The molecule has 19 heavy (non-hydrogen) atoms. The zero-order chi connectivity index (χ0) is 12.7. The van der Waals surface area contributed by atoms with Crippen LogP contribution in [0.4, 0.5) is 0 Å². The molecule has 0 nitrogen and oxygen atoms in total. The maximum absolute atomic E-state index is 2.21. The summed E-state index contributed by atoms with van der Waals surface area (Å²) in [6.07, 6.45) is 6.50. The molecule has 0 fully saturated rings. The van der Waals surface area contributed by atoms with E-state index in [1.807, 2.05) is 0 Å². The van der Waals surface area contributed by atoms with Crippen molar-refractivity contribution in [1.29, 1.82) is 0 Å². The average molecular weight is 241 g/mol. The Hall–Kier alpha value is -2.34. The summed E-state index contributed by atoms with van der Waals surface area (Å²) in [5.74, 6) is 0. The first-order valence-corrected chi connectivity index (χ1v) is 6.56. The van der Waals surface area contributed by atoms with E-state index in [9.17, 15) is 0 Å². The highest BCUT2D eigenvalue weighted by atomic mass is 14.2. The van der Waals surface area contributed by atoms with Gasteiger partial charge in [0.1, 0.15) is 0 Å². The van der Waals surface area contributed by atoms with E-state index < -0.39 is 0 Å². The molecule has 3 aromatic carbocycles. The molecule has 1 aliphatic rings. The molecular weight excluding hydrogens is 228 g/mol. The lowest BCUT2D eigenvalue weighted by molar-refractivity contribution is 1.53. The SMILES string of the molecule is [CH]1C=Cc2c1cccc2-c1cccc2ccccc12. The summed E-state index contributed by atoms with van der Waals surface area (Å²) >= 11 is 0. The number of fused-ring (bicyclic) bond motifs is 2. The van der Waals surface area contributed by atoms with Crippen molar-refractivity contribution >= 4 is 16.8 Å². The Morgan fingerprint density at radius 1 is 0.632 bits per heavy atom. The van der Waals surface area contributed by atoms with E-state index in [2.05, 4.69) is 79.2 Å². The lowest BCUT2D eigenvalue weighted by Crippen LogP contribution is -1.87. The van der Waals surface area contributed by atoms with Crippen LogP contribution in [0.3, 0.4) is 0 Å². The average Bonchev–Trinajstić information content (AvgIpc) is 2.95. The third-order valence-corrected chi connectivity index (χ3v) is 3.76. The highest BCUT2D eigenvalue weighted by molar-refractivity contribution is 5.99. The van der Waals surface area contributed by atoms with Gasteiger partial charge in [-0.15, -0.1) is 0 Å². The summed E-state index contributed by atoms with van der Waals surface area (Å²) in [7, 11) is 0. The van der Waals surface area contributed by atoms with E-state index in [0.29, 0.717) is 0 Å². The molecule has 1 radical (unpaired) electrons. The topological polar surface area (TPSA) is 0 Å². The molecule has 0 unspecified atom stereocenters. The lowest BCUT2D eigenvalue weighted by Gasteiger charge is -2.11. The van der Waals surface area contributed by atoms with Gasteiger partial charge in [0.2, 0.25) is 0 Å². The first-order chi connectivity index (χ1) is 9.43. The van der Waals surface area contributed by atoms with Crippen molar-refractivity contribution in [3.05, 3.63) is 84.3 Å². The van der Waals surface area contributed by atoms with Gasteiger partial charge in [0.15, 0.2) is 0 Å². The monoisotopic (exact) mass is 241 g/mol. The molecule has 0 bridgehead atoms. The summed E-state index contributed by atoms with van der Waals surface area (Å²) in [6, 6.07) is 21.6. The summed E-state index contributed by atoms with van der Waals surface area (Å²) in [6.45, 7) is 0. The minimum Gasteiger partial charge on any atom is -0.0754 e. The number of rotatable bonds is 1. The van der Waals surface area contributed by atoms with Crippen LogP contribution < -0.4 is 0 Å². The van der Waals surface area contributed by atoms with Gasteiger partial charge in [-0.25, -0.2) is 0 Å². The molecule has 4 rings (SSSR count). The third-order valence-electron chi connectivity index (χ3n) is 3.76. The number of allylic oxidation sites excluding steroid dienone is 1. The lowest BCUT2D eigenvalue weighted by atomic mass is 9.93. The third kappa shape index (κ3) is 1.61. The molecule has 1 aliphatic carbocycles. The van der Waals surface area contributed by atoms with Gasteiger partial charge in [-0.3, -0.25) is 0 Å². The summed E-state index contributed by atoms with van der Waals surface area (Å²) in [5.41, 5.74) is 5.28. The van der Waals surface area contributed by atoms with Gasteiger partial charge < -0.3 is 0 Å². The first-order valence-electron chi connectivity index (χ1n) is 6.56. The molecule has 0 heterocycles. The highest BCUT2D eigenvalue weighted by Gasteiger charge is 2.12. The molecule has 0 amide bonds. The molecule has 0 aromatic heterocycles. The first kappa shape index (κ1) is 10.6. The van der Waals surface area contributed by atoms with Gasteiger partial charge >= 0.3 is 0 Å². The van der Waals surface area contributed by atoms with Crippen molar-refractivity contribution in [1.82, 2.24) is 0 Å². The number of hydrogen-bond donors (Lipinski definition) is 0. The highest BCUT2D eigenvalue weighted by Crippen LogP contribution is 2.35. The maximum atomic E-state index is 2.21. The molecule has 0 saturated carbocycles. The smallest absolute Gasteiger partial charge is 0.0131 e. The van der Waals surface area contributed by atoms with Crippen molar-refractivity contribution in [3.8, 4) is 11.1 Å². The summed E-state index contributed by atoms with van der Waals surface area (Å²) in [4.78, 5) is 0. The summed E-state index contributed by atoms with van der Waals surface area (Å²) in [5, 5.41) is 2.61.